The molecule has 0 saturated heterocycles. The molecule has 4 nitrogen and oxygen atoms in total. The standard InChI is InChI=1S/C26H25F4N3O/c1-15(2)22-13-17(7-11-31-22)25(34)33-24-19(20-14-18(27)3-4-21(20)28)8-12-32-23(24)16-5-9-26(29,30)10-6-16/h3-4,7-8,11-16H,5-6,9-10H2,1-2H3,(H,33,34). The van der Waals surface area contributed by atoms with Gasteiger partial charge in [0.05, 0.1) is 11.4 Å². The molecule has 178 valence electrons. The highest BCUT2D eigenvalue weighted by atomic mass is 19.3. The number of hydrogen-bond donors (Lipinski definition) is 1. The number of carbonyl (C=O) groups is 1. The van der Waals surface area contributed by atoms with E-state index in [1.807, 2.05) is 13.8 Å². The van der Waals surface area contributed by atoms with Crippen molar-refractivity contribution in [2.24, 2.45) is 0 Å². The zero-order valence-corrected chi connectivity index (χ0v) is 18.9. The molecule has 1 aromatic carbocycles. The third-order valence-corrected chi connectivity index (χ3v) is 6.18. The minimum atomic E-state index is -2.74. The first kappa shape index (κ1) is 23.9. The van der Waals surface area contributed by atoms with Crippen LogP contribution in [0.2, 0.25) is 0 Å². The number of halogens is 4. The van der Waals surface area contributed by atoms with Gasteiger partial charge in [0.2, 0.25) is 5.92 Å². The average Bonchev–Trinajstić information content (AvgIpc) is 2.81. The molecule has 0 atom stereocenters. The average molecular weight is 471 g/mol. The Morgan fingerprint density at radius 3 is 2.41 bits per heavy atom. The Balaban J connectivity index is 1.79. The number of hydrogen-bond acceptors (Lipinski definition) is 3. The number of pyridine rings is 2. The van der Waals surface area contributed by atoms with Gasteiger partial charge < -0.3 is 5.32 Å². The number of amides is 1. The Hall–Kier alpha value is -3.29. The molecule has 4 rings (SSSR count). The van der Waals surface area contributed by atoms with E-state index in [2.05, 4.69) is 15.3 Å². The summed E-state index contributed by atoms with van der Waals surface area (Å²) in [5, 5.41) is 2.82. The summed E-state index contributed by atoms with van der Waals surface area (Å²) in [4.78, 5) is 21.9. The summed E-state index contributed by atoms with van der Waals surface area (Å²) < 4.78 is 56.3. The molecule has 1 fully saturated rings. The lowest BCUT2D eigenvalue weighted by Crippen LogP contribution is -2.25. The number of nitrogens with one attached hydrogen (secondary N) is 1. The fourth-order valence-corrected chi connectivity index (χ4v) is 4.25. The van der Waals surface area contributed by atoms with Crippen molar-refractivity contribution in [3.05, 3.63) is 77.4 Å². The quantitative estimate of drug-likeness (QED) is 0.404. The van der Waals surface area contributed by atoms with Gasteiger partial charge in [0.15, 0.2) is 0 Å². The summed E-state index contributed by atoms with van der Waals surface area (Å²) >= 11 is 0. The zero-order valence-electron chi connectivity index (χ0n) is 18.9. The van der Waals surface area contributed by atoms with E-state index in [1.165, 1.54) is 18.5 Å². The van der Waals surface area contributed by atoms with Gasteiger partial charge in [-0.1, -0.05) is 13.8 Å². The zero-order chi connectivity index (χ0) is 24.5. The lowest BCUT2D eigenvalue weighted by atomic mass is 9.83. The van der Waals surface area contributed by atoms with Gasteiger partial charge in [-0.25, -0.2) is 17.6 Å². The van der Waals surface area contributed by atoms with Crippen molar-refractivity contribution in [1.29, 1.82) is 0 Å². The molecular formula is C26H25F4N3O. The van der Waals surface area contributed by atoms with E-state index in [0.717, 1.165) is 23.9 Å². The maximum atomic E-state index is 14.7. The largest absolute Gasteiger partial charge is 0.320 e. The third-order valence-electron chi connectivity index (χ3n) is 6.18. The van der Waals surface area contributed by atoms with Gasteiger partial charge in [-0.15, -0.1) is 0 Å². The van der Waals surface area contributed by atoms with E-state index in [4.69, 9.17) is 0 Å². The third kappa shape index (κ3) is 5.11. The molecule has 3 aromatic rings. The topological polar surface area (TPSA) is 54.9 Å². The number of aromatic nitrogens is 2. The van der Waals surface area contributed by atoms with Crippen molar-refractivity contribution in [2.45, 2.75) is 57.3 Å². The van der Waals surface area contributed by atoms with E-state index in [0.29, 0.717) is 11.3 Å². The molecule has 8 heteroatoms. The first-order valence-corrected chi connectivity index (χ1v) is 11.2. The maximum Gasteiger partial charge on any atom is 0.255 e. The van der Waals surface area contributed by atoms with Crippen molar-refractivity contribution in [3.8, 4) is 11.1 Å². The van der Waals surface area contributed by atoms with Crippen LogP contribution in [0.5, 0.6) is 0 Å². The van der Waals surface area contributed by atoms with Gasteiger partial charge in [-0.3, -0.25) is 14.8 Å². The molecule has 0 spiro atoms. The van der Waals surface area contributed by atoms with Gasteiger partial charge in [0.25, 0.3) is 5.91 Å². The molecule has 0 unspecified atom stereocenters. The summed E-state index contributed by atoms with van der Waals surface area (Å²) in [6, 6.07) is 7.77. The van der Waals surface area contributed by atoms with Crippen LogP contribution < -0.4 is 5.32 Å². The van der Waals surface area contributed by atoms with Crippen molar-refractivity contribution >= 4 is 11.6 Å². The molecule has 1 aliphatic rings. The highest BCUT2D eigenvalue weighted by Crippen LogP contribution is 2.44. The highest BCUT2D eigenvalue weighted by Gasteiger charge is 2.37. The molecular weight excluding hydrogens is 446 g/mol. The van der Waals surface area contributed by atoms with Crippen LogP contribution in [0.15, 0.2) is 48.8 Å². The second kappa shape index (κ2) is 9.52. The van der Waals surface area contributed by atoms with Crippen LogP contribution in [0.4, 0.5) is 23.2 Å². The van der Waals surface area contributed by atoms with E-state index >= 15 is 0 Å². The molecule has 0 aliphatic heterocycles. The summed E-state index contributed by atoms with van der Waals surface area (Å²) in [6.07, 6.45) is 2.71. The fraction of sp³-hybridized carbons (Fsp3) is 0.346. The maximum absolute atomic E-state index is 14.7. The van der Waals surface area contributed by atoms with Gasteiger partial charge in [0.1, 0.15) is 11.6 Å². The minimum Gasteiger partial charge on any atom is -0.320 e. The Morgan fingerprint density at radius 2 is 1.71 bits per heavy atom. The molecule has 2 heterocycles. The number of anilines is 1. The number of carbonyl (C=O) groups excluding carboxylic acids is 1. The van der Waals surface area contributed by atoms with Gasteiger partial charge in [0, 0.05) is 53.5 Å². The lowest BCUT2D eigenvalue weighted by molar-refractivity contribution is -0.0384. The number of nitrogens with zero attached hydrogens (tertiary/aromatic N) is 2. The second-order valence-corrected chi connectivity index (χ2v) is 8.95. The SMILES string of the molecule is CC(C)c1cc(C(=O)Nc2c(-c3cc(F)ccc3F)ccnc2C2CCC(F)(F)CC2)ccn1. The van der Waals surface area contributed by atoms with E-state index in [9.17, 15) is 22.4 Å². The summed E-state index contributed by atoms with van der Waals surface area (Å²) in [7, 11) is 0. The van der Waals surface area contributed by atoms with Crippen LogP contribution in [-0.2, 0) is 0 Å². The Bertz CT molecular complexity index is 1200. The van der Waals surface area contributed by atoms with E-state index in [1.54, 1.807) is 12.1 Å². The van der Waals surface area contributed by atoms with Crippen LogP contribution in [0, 0.1) is 11.6 Å². The fourth-order valence-electron chi connectivity index (χ4n) is 4.25. The molecule has 1 aliphatic carbocycles. The summed E-state index contributed by atoms with van der Waals surface area (Å²) in [6.45, 7) is 3.90. The minimum absolute atomic E-state index is 0.0438. The van der Waals surface area contributed by atoms with E-state index in [-0.39, 0.29) is 54.3 Å². The Morgan fingerprint density at radius 1 is 1.00 bits per heavy atom. The predicted molar refractivity (Wildman–Crippen MR) is 122 cm³/mol. The van der Waals surface area contributed by atoms with Gasteiger partial charge >= 0.3 is 0 Å². The number of rotatable bonds is 5. The normalized spacial score (nSPS) is 16.0. The predicted octanol–water partition coefficient (Wildman–Crippen LogP) is 7.09. The molecule has 0 radical (unpaired) electrons. The first-order valence-electron chi connectivity index (χ1n) is 11.2. The van der Waals surface area contributed by atoms with Crippen LogP contribution in [-0.4, -0.2) is 21.8 Å². The van der Waals surface area contributed by atoms with Gasteiger partial charge in [-0.05, 0) is 55.2 Å². The molecule has 1 amide bonds. The van der Waals surface area contributed by atoms with Crippen LogP contribution in [0.3, 0.4) is 0 Å². The van der Waals surface area contributed by atoms with Gasteiger partial charge in [-0.2, -0.15) is 0 Å². The number of alkyl halides is 2. The van der Waals surface area contributed by atoms with E-state index < -0.39 is 23.5 Å². The van der Waals surface area contributed by atoms with Crippen molar-refractivity contribution in [2.75, 3.05) is 5.32 Å². The molecule has 1 N–H and O–H groups in total. The van der Waals surface area contributed by atoms with Crippen molar-refractivity contribution in [1.82, 2.24) is 9.97 Å². The first-order chi connectivity index (χ1) is 16.1. The molecule has 0 bridgehead atoms. The second-order valence-electron chi connectivity index (χ2n) is 8.95. The monoisotopic (exact) mass is 471 g/mol. The van der Waals surface area contributed by atoms with Crippen LogP contribution in [0.1, 0.15) is 73.1 Å². The Labute approximate surface area is 195 Å². The summed E-state index contributed by atoms with van der Waals surface area (Å²) in [5.74, 6) is -4.78. The van der Waals surface area contributed by atoms with Crippen molar-refractivity contribution < 1.29 is 22.4 Å². The van der Waals surface area contributed by atoms with Crippen molar-refractivity contribution in [3.63, 3.8) is 0 Å². The lowest BCUT2D eigenvalue weighted by Gasteiger charge is -2.29. The highest BCUT2D eigenvalue weighted by molar-refractivity contribution is 6.06. The number of benzene rings is 1. The molecule has 34 heavy (non-hydrogen) atoms. The smallest absolute Gasteiger partial charge is 0.255 e. The molecule has 1 saturated carbocycles. The summed E-state index contributed by atoms with van der Waals surface area (Å²) in [5.41, 5.74) is 1.86. The van der Waals surface area contributed by atoms with Crippen LogP contribution in [0.25, 0.3) is 11.1 Å². The Kier molecular flexibility index (Phi) is 6.68. The van der Waals surface area contributed by atoms with Crippen LogP contribution >= 0.6 is 0 Å². The molecule has 2 aromatic heterocycles.